The van der Waals surface area contributed by atoms with Gasteiger partial charge in [-0.2, -0.15) is 0 Å². The van der Waals surface area contributed by atoms with Gasteiger partial charge in [-0.05, 0) is 12.1 Å². The van der Waals surface area contributed by atoms with Gasteiger partial charge in [0, 0.05) is 14.2 Å². The lowest BCUT2D eigenvalue weighted by molar-refractivity contribution is 0.238. The van der Waals surface area contributed by atoms with Crippen LogP contribution in [-0.4, -0.2) is 22.8 Å². The van der Waals surface area contributed by atoms with Crippen molar-refractivity contribution >= 4 is 8.56 Å². The number of hydrogen-bond donors (Lipinski definition) is 0. The zero-order valence-corrected chi connectivity index (χ0v) is 29.7. The van der Waals surface area contributed by atoms with Crippen molar-refractivity contribution in [1.29, 1.82) is 0 Å². The van der Waals surface area contributed by atoms with Crippen LogP contribution in [0.25, 0.3) is 0 Å². The van der Waals surface area contributed by atoms with Crippen molar-refractivity contribution < 1.29 is 8.85 Å². The Morgan fingerprint density at radius 2 is 0.450 bits per heavy atom. The SMILES string of the molecule is CCCCCCCCCCCCCCCCCCCC[Si](CCCCCCCCCCCCCCC)(OC)OC. The summed E-state index contributed by atoms with van der Waals surface area (Å²) in [5.74, 6) is 0. The highest BCUT2D eigenvalue weighted by Crippen LogP contribution is 2.25. The minimum atomic E-state index is -1.95. The van der Waals surface area contributed by atoms with Crippen molar-refractivity contribution in [1.82, 2.24) is 0 Å². The molecule has 0 radical (unpaired) electrons. The molecule has 0 aromatic carbocycles. The molecule has 0 N–H and O–H groups in total. The first kappa shape index (κ1) is 40.1. The molecule has 0 amide bonds. The van der Waals surface area contributed by atoms with E-state index in [0.29, 0.717) is 0 Å². The molecule has 0 bridgehead atoms. The third-order valence-electron chi connectivity index (χ3n) is 9.32. The van der Waals surface area contributed by atoms with Crippen LogP contribution in [0.5, 0.6) is 0 Å². The van der Waals surface area contributed by atoms with Crippen molar-refractivity contribution in [3.63, 3.8) is 0 Å². The van der Waals surface area contributed by atoms with Crippen molar-refractivity contribution in [3.8, 4) is 0 Å². The van der Waals surface area contributed by atoms with Crippen molar-refractivity contribution in [2.75, 3.05) is 14.2 Å². The van der Waals surface area contributed by atoms with Crippen LogP contribution in [0.4, 0.5) is 0 Å². The fourth-order valence-electron chi connectivity index (χ4n) is 6.32. The van der Waals surface area contributed by atoms with Gasteiger partial charge in [0.15, 0.2) is 0 Å². The van der Waals surface area contributed by atoms with Gasteiger partial charge in [-0.3, -0.25) is 0 Å². The molecule has 0 aromatic rings. The Morgan fingerprint density at radius 1 is 0.275 bits per heavy atom. The van der Waals surface area contributed by atoms with Crippen LogP contribution in [0, 0.1) is 0 Å². The van der Waals surface area contributed by atoms with Crippen LogP contribution in [0.15, 0.2) is 0 Å². The Balaban J connectivity index is 3.50. The third-order valence-corrected chi connectivity index (χ3v) is 13.0. The molecule has 0 saturated heterocycles. The fourth-order valence-corrected chi connectivity index (χ4v) is 9.14. The van der Waals surface area contributed by atoms with Crippen LogP contribution in [0.2, 0.25) is 12.1 Å². The average Bonchev–Trinajstić information content (AvgIpc) is 2.98. The number of rotatable bonds is 35. The first-order valence-corrected chi connectivity index (χ1v) is 21.1. The van der Waals surface area contributed by atoms with E-state index in [-0.39, 0.29) is 0 Å². The first-order valence-electron chi connectivity index (χ1n) is 18.8. The average molecular weight is 583 g/mol. The van der Waals surface area contributed by atoms with E-state index in [4.69, 9.17) is 8.85 Å². The first-order chi connectivity index (χ1) is 19.7. The number of hydrogen-bond acceptors (Lipinski definition) is 2. The monoisotopic (exact) mass is 583 g/mol. The lowest BCUT2D eigenvalue weighted by Crippen LogP contribution is -2.39. The number of unbranched alkanes of at least 4 members (excludes halogenated alkanes) is 29. The maximum Gasteiger partial charge on any atom is 0.337 e. The highest BCUT2D eigenvalue weighted by atomic mass is 28.4. The molecule has 0 heterocycles. The molecule has 0 fully saturated rings. The minimum absolute atomic E-state index is 1.19. The van der Waals surface area contributed by atoms with E-state index >= 15 is 0 Å². The van der Waals surface area contributed by atoms with E-state index in [0.717, 1.165) is 0 Å². The second-order valence-corrected chi connectivity index (χ2v) is 16.7. The zero-order valence-electron chi connectivity index (χ0n) is 28.7. The molecule has 0 spiro atoms. The molecular weight excluding hydrogens is 504 g/mol. The second kappa shape index (κ2) is 33.6. The summed E-state index contributed by atoms with van der Waals surface area (Å²) in [7, 11) is 1.86. The van der Waals surface area contributed by atoms with Gasteiger partial charge in [-0.25, -0.2) is 0 Å². The van der Waals surface area contributed by atoms with Crippen LogP contribution in [0.1, 0.15) is 213 Å². The maximum absolute atomic E-state index is 6.04. The van der Waals surface area contributed by atoms with Crippen LogP contribution in [-0.2, 0) is 8.85 Å². The Kier molecular flexibility index (Phi) is 33.8. The summed E-state index contributed by atoms with van der Waals surface area (Å²) in [4.78, 5) is 0. The van der Waals surface area contributed by atoms with Gasteiger partial charge >= 0.3 is 8.56 Å². The van der Waals surface area contributed by atoms with Crippen LogP contribution >= 0.6 is 0 Å². The third kappa shape index (κ3) is 28.3. The summed E-state index contributed by atoms with van der Waals surface area (Å²) in [5.41, 5.74) is 0. The minimum Gasteiger partial charge on any atom is -0.398 e. The molecule has 0 unspecified atom stereocenters. The largest absolute Gasteiger partial charge is 0.398 e. The predicted molar refractivity (Wildman–Crippen MR) is 184 cm³/mol. The summed E-state index contributed by atoms with van der Waals surface area (Å²) in [5, 5.41) is 0. The lowest BCUT2D eigenvalue weighted by atomic mass is 10.0. The maximum atomic E-state index is 6.04. The van der Waals surface area contributed by atoms with Gasteiger partial charge in [0.1, 0.15) is 0 Å². The Labute approximate surface area is 256 Å². The molecule has 0 saturated carbocycles. The second-order valence-electron chi connectivity index (χ2n) is 13.1. The topological polar surface area (TPSA) is 18.5 Å². The molecule has 0 aliphatic rings. The predicted octanol–water partition coefficient (Wildman–Crippen LogP) is 13.9. The Hall–Kier alpha value is 0.137. The molecule has 0 aromatic heterocycles. The molecule has 40 heavy (non-hydrogen) atoms. The molecule has 0 rings (SSSR count). The summed E-state index contributed by atoms with van der Waals surface area (Å²) in [6, 6.07) is 2.38. The van der Waals surface area contributed by atoms with Gasteiger partial charge in [0.25, 0.3) is 0 Å². The van der Waals surface area contributed by atoms with Crippen LogP contribution < -0.4 is 0 Å². The summed E-state index contributed by atoms with van der Waals surface area (Å²) in [6.07, 6.45) is 44.3. The van der Waals surface area contributed by atoms with Gasteiger partial charge in [-0.15, -0.1) is 0 Å². The van der Waals surface area contributed by atoms with E-state index in [9.17, 15) is 0 Å². The van der Waals surface area contributed by atoms with Gasteiger partial charge < -0.3 is 8.85 Å². The molecule has 0 aliphatic carbocycles. The summed E-state index contributed by atoms with van der Waals surface area (Å²) >= 11 is 0. The van der Waals surface area contributed by atoms with E-state index in [1.165, 1.54) is 211 Å². The lowest BCUT2D eigenvalue weighted by Gasteiger charge is -2.27. The zero-order chi connectivity index (χ0) is 29.2. The van der Waals surface area contributed by atoms with Gasteiger partial charge in [-0.1, -0.05) is 213 Å². The van der Waals surface area contributed by atoms with Crippen LogP contribution in [0.3, 0.4) is 0 Å². The van der Waals surface area contributed by atoms with Gasteiger partial charge in [0.2, 0.25) is 0 Å². The molecule has 2 nitrogen and oxygen atoms in total. The van der Waals surface area contributed by atoms with Crippen molar-refractivity contribution in [3.05, 3.63) is 0 Å². The smallest absolute Gasteiger partial charge is 0.337 e. The molecule has 242 valence electrons. The van der Waals surface area contributed by atoms with E-state index < -0.39 is 8.56 Å². The van der Waals surface area contributed by atoms with Gasteiger partial charge in [0.05, 0.1) is 0 Å². The van der Waals surface area contributed by atoms with E-state index in [1.807, 2.05) is 14.2 Å². The summed E-state index contributed by atoms with van der Waals surface area (Å²) in [6.45, 7) is 4.61. The quantitative estimate of drug-likeness (QED) is 0.0546. The standard InChI is InChI=1S/C37H78O2Si/c1-5-7-9-11-13-15-17-19-20-21-22-23-25-27-29-31-33-35-37-40(38-3,39-4)36-34-32-30-28-26-24-18-16-14-12-10-8-6-2/h5-37H2,1-4H3. The molecule has 0 aliphatic heterocycles. The normalized spacial score (nSPS) is 12.0. The molecule has 3 heteroatoms. The summed E-state index contributed by atoms with van der Waals surface area (Å²) < 4.78 is 12.1. The Bertz CT molecular complexity index is 451. The van der Waals surface area contributed by atoms with E-state index in [2.05, 4.69) is 13.8 Å². The Morgan fingerprint density at radius 3 is 0.625 bits per heavy atom. The highest BCUT2D eigenvalue weighted by Gasteiger charge is 2.33. The fraction of sp³-hybridized carbons (Fsp3) is 1.00. The highest BCUT2D eigenvalue weighted by molar-refractivity contribution is 6.67. The molecule has 0 atom stereocenters. The molecular formula is C37H78O2Si. The van der Waals surface area contributed by atoms with E-state index in [1.54, 1.807) is 0 Å². The van der Waals surface area contributed by atoms with Crippen molar-refractivity contribution in [2.45, 2.75) is 225 Å². The van der Waals surface area contributed by atoms with Crippen molar-refractivity contribution in [2.24, 2.45) is 0 Å².